The zero-order valence-electron chi connectivity index (χ0n) is 12.9. The molecule has 116 valence electrons. The summed E-state index contributed by atoms with van der Waals surface area (Å²) in [5.41, 5.74) is 0. The Balaban J connectivity index is 2.51. The second-order valence-corrected chi connectivity index (χ2v) is 5.49. The summed E-state index contributed by atoms with van der Waals surface area (Å²) < 4.78 is 5.03. The van der Waals surface area contributed by atoms with Gasteiger partial charge in [-0.1, -0.05) is 0 Å². The van der Waals surface area contributed by atoms with Crippen molar-refractivity contribution in [3.05, 3.63) is 0 Å². The number of amides is 2. The molecule has 1 heterocycles. The van der Waals surface area contributed by atoms with Gasteiger partial charge in [0.1, 0.15) is 0 Å². The van der Waals surface area contributed by atoms with E-state index >= 15 is 0 Å². The van der Waals surface area contributed by atoms with Crippen molar-refractivity contribution in [3.8, 4) is 0 Å². The van der Waals surface area contributed by atoms with Crippen LogP contribution in [0.15, 0.2) is 0 Å². The lowest BCUT2D eigenvalue weighted by Crippen LogP contribution is -2.43. The number of methoxy groups -OCH3 is 1. The Morgan fingerprint density at radius 1 is 1.20 bits per heavy atom. The first-order chi connectivity index (χ1) is 9.54. The number of nitrogens with one attached hydrogen (secondary N) is 1. The second kappa shape index (κ2) is 8.92. The molecule has 0 bridgehead atoms. The van der Waals surface area contributed by atoms with E-state index in [0.29, 0.717) is 25.5 Å². The van der Waals surface area contributed by atoms with Crippen LogP contribution in [-0.2, 0) is 14.3 Å². The van der Waals surface area contributed by atoms with Gasteiger partial charge in [-0.15, -0.1) is 0 Å². The summed E-state index contributed by atoms with van der Waals surface area (Å²) in [4.78, 5) is 27.3. The molecular formula is C14H27N3O3. The number of likely N-dealkylation sites (N-methyl/N-ethyl adjacent to an activating group) is 1. The van der Waals surface area contributed by atoms with Crippen molar-refractivity contribution in [2.75, 3.05) is 54.0 Å². The molecule has 0 aromatic carbocycles. The van der Waals surface area contributed by atoms with Crippen LogP contribution in [0.3, 0.4) is 0 Å². The molecule has 1 aliphatic heterocycles. The highest BCUT2D eigenvalue weighted by atomic mass is 16.5. The number of ether oxygens (including phenoxy) is 1. The minimum absolute atomic E-state index is 0.0558. The van der Waals surface area contributed by atoms with Gasteiger partial charge in [0.2, 0.25) is 11.8 Å². The van der Waals surface area contributed by atoms with E-state index in [4.69, 9.17) is 4.74 Å². The molecule has 20 heavy (non-hydrogen) atoms. The lowest BCUT2D eigenvalue weighted by Gasteiger charge is -2.27. The van der Waals surface area contributed by atoms with Crippen molar-refractivity contribution < 1.29 is 14.3 Å². The molecule has 0 aromatic rings. The molecule has 0 aliphatic carbocycles. The van der Waals surface area contributed by atoms with Gasteiger partial charge in [-0.2, -0.15) is 0 Å². The Morgan fingerprint density at radius 3 is 2.40 bits per heavy atom. The Morgan fingerprint density at radius 2 is 1.85 bits per heavy atom. The van der Waals surface area contributed by atoms with Crippen LogP contribution >= 0.6 is 0 Å². The van der Waals surface area contributed by atoms with Crippen molar-refractivity contribution in [2.24, 2.45) is 5.92 Å². The fourth-order valence-corrected chi connectivity index (χ4v) is 2.26. The van der Waals surface area contributed by atoms with Crippen LogP contribution in [0, 0.1) is 5.92 Å². The smallest absolute Gasteiger partial charge is 0.241 e. The highest BCUT2D eigenvalue weighted by Crippen LogP contribution is 2.17. The summed E-state index contributed by atoms with van der Waals surface area (Å²) in [6.07, 6.45) is 2.60. The van der Waals surface area contributed by atoms with Gasteiger partial charge < -0.3 is 19.9 Å². The van der Waals surface area contributed by atoms with Crippen LogP contribution in [0.1, 0.15) is 19.3 Å². The molecule has 6 nitrogen and oxygen atoms in total. The van der Waals surface area contributed by atoms with E-state index in [9.17, 15) is 9.59 Å². The molecule has 0 spiro atoms. The highest BCUT2D eigenvalue weighted by Gasteiger charge is 2.22. The quantitative estimate of drug-likeness (QED) is 0.712. The molecule has 1 N–H and O–H groups in total. The largest absolute Gasteiger partial charge is 0.383 e. The van der Waals surface area contributed by atoms with Gasteiger partial charge in [-0.3, -0.25) is 9.59 Å². The van der Waals surface area contributed by atoms with Crippen LogP contribution in [0.5, 0.6) is 0 Å². The molecule has 1 saturated heterocycles. The number of carbonyl (C=O) groups excluding carboxylic acids is 2. The normalized spacial score (nSPS) is 15.9. The Hall–Kier alpha value is -1.14. The third-order valence-electron chi connectivity index (χ3n) is 3.66. The third kappa shape index (κ3) is 5.88. The van der Waals surface area contributed by atoms with Crippen molar-refractivity contribution >= 4 is 11.8 Å². The van der Waals surface area contributed by atoms with E-state index in [1.807, 2.05) is 0 Å². The van der Waals surface area contributed by atoms with Gasteiger partial charge in [0.25, 0.3) is 0 Å². The summed E-state index contributed by atoms with van der Waals surface area (Å²) in [6, 6.07) is 0. The Bertz CT molecular complexity index is 315. The topological polar surface area (TPSA) is 61.9 Å². The molecule has 0 atom stereocenters. The molecule has 0 radical (unpaired) electrons. The zero-order valence-corrected chi connectivity index (χ0v) is 12.9. The van der Waals surface area contributed by atoms with Crippen LogP contribution in [-0.4, -0.2) is 75.6 Å². The zero-order chi connectivity index (χ0) is 15.0. The van der Waals surface area contributed by atoms with E-state index in [0.717, 1.165) is 25.9 Å². The molecule has 0 unspecified atom stereocenters. The Kier molecular flexibility index (Phi) is 7.54. The fraction of sp³-hybridized carbons (Fsp3) is 0.857. The fourth-order valence-electron chi connectivity index (χ4n) is 2.26. The predicted octanol–water partition coefficient (Wildman–Crippen LogP) is -0.0607. The van der Waals surface area contributed by atoms with E-state index in [2.05, 4.69) is 5.32 Å². The lowest BCUT2D eigenvalue weighted by atomic mass is 9.94. The van der Waals surface area contributed by atoms with Gasteiger partial charge >= 0.3 is 0 Å². The van der Waals surface area contributed by atoms with Crippen LogP contribution in [0.2, 0.25) is 0 Å². The Labute approximate surface area is 121 Å². The third-order valence-corrected chi connectivity index (χ3v) is 3.66. The molecular weight excluding hydrogens is 258 g/mol. The molecule has 2 amide bonds. The van der Waals surface area contributed by atoms with E-state index in [1.165, 1.54) is 4.90 Å². The van der Waals surface area contributed by atoms with Crippen molar-refractivity contribution in [1.29, 1.82) is 0 Å². The molecule has 1 rings (SSSR count). The molecule has 6 heteroatoms. The lowest BCUT2D eigenvalue weighted by molar-refractivity contribution is -0.140. The number of piperidine rings is 1. The number of carbonyl (C=O) groups is 2. The first-order valence-corrected chi connectivity index (χ1v) is 7.22. The summed E-state index contributed by atoms with van der Waals surface area (Å²) in [6.45, 7) is 3.03. The number of hydrogen-bond acceptors (Lipinski definition) is 4. The van der Waals surface area contributed by atoms with E-state index < -0.39 is 0 Å². The average molecular weight is 285 g/mol. The van der Waals surface area contributed by atoms with Crippen molar-refractivity contribution in [3.63, 3.8) is 0 Å². The highest BCUT2D eigenvalue weighted by molar-refractivity contribution is 5.84. The summed E-state index contributed by atoms with van der Waals surface area (Å²) >= 11 is 0. The molecule has 0 aromatic heterocycles. The van der Waals surface area contributed by atoms with Crippen molar-refractivity contribution in [1.82, 2.24) is 15.1 Å². The van der Waals surface area contributed by atoms with Crippen LogP contribution < -0.4 is 5.32 Å². The van der Waals surface area contributed by atoms with Gasteiger partial charge in [-0.05, 0) is 31.8 Å². The number of rotatable bonds is 7. The molecule has 1 fully saturated rings. The monoisotopic (exact) mass is 285 g/mol. The first-order valence-electron chi connectivity index (χ1n) is 7.22. The maximum absolute atomic E-state index is 12.4. The molecule has 0 saturated carbocycles. The van der Waals surface area contributed by atoms with E-state index in [1.54, 1.807) is 26.1 Å². The SMILES string of the molecule is COCCN(CC(=O)N(C)C)C(=O)CC1CCNCC1. The summed E-state index contributed by atoms with van der Waals surface area (Å²) in [5.74, 6) is 0.437. The van der Waals surface area contributed by atoms with Gasteiger partial charge in [0.15, 0.2) is 0 Å². The maximum atomic E-state index is 12.4. The number of hydrogen-bond donors (Lipinski definition) is 1. The van der Waals surface area contributed by atoms with Crippen LogP contribution in [0.25, 0.3) is 0 Å². The summed E-state index contributed by atoms with van der Waals surface area (Å²) in [7, 11) is 5.01. The minimum Gasteiger partial charge on any atom is -0.383 e. The number of nitrogens with zero attached hydrogens (tertiary/aromatic N) is 2. The van der Waals surface area contributed by atoms with Gasteiger partial charge in [-0.25, -0.2) is 0 Å². The minimum atomic E-state index is -0.0558. The van der Waals surface area contributed by atoms with Crippen LogP contribution in [0.4, 0.5) is 0 Å². The second-order valence-electron chi connectivity index (χ2n) is 5.49. The van der Waals surface area contributed by atoms with E-state index in [-0.39, 0.29) is 18.4 Å². The standard InChI is InChI=1S/C14H27N3O3/c1-16(2)14(19)11-17(8-9-20-3)13(18)10-12-4-6-15-7-5-12/h12,15H,4-11H2,1-3H3. The molecule has 1 aliphatic rings. The first kappa shape index (κ1) is 16.9. The summed E-state index contributed by atoms with van der Waals surface area (Å²) in [5, 5.41) is 3.29. The van der Waals surface area contributed by atoms with Crippen molar-refractivity contribution in [2.45, 2.75) is 19.3 Å². The van der Waals surface area contributed by atoms with Gasteiger partial charge in [0, 0.05) is 34.2 Å². The average Bonchev–Trinajstić information content (AvgIpc) is 2.43. The van der Waals surface area contributed by atoms with Gasteiger partial charge in [0.05, 0.1) is 13.2 Å². The predicted molar refractivity (Wildman–Crippen MR) is 77.4 cm³/mol. The maximum Gasteiger partial charge on any atom is 0.241 e.